The minimum Gasteiger partial charge on any atom is -0.352 e. The molecule has 3 aliphatic rings. The number of nitrogens with two attached hydrogens (primary N) is 1. The highest BCUT2D eigenvalue weighted by molar-refractivity contribution is 5.78. The Morgan fingerprint density at radius 3 is 2.43 bits per heavy atom. The van der Waals surface area contributed by atoms with Gasteiger partial charge in [-0.2, -0.15) is 0 Å². The molecule has 1 amide bonds. The molecule has 3 unspecified atom stereocenters. The Kier molecular flexibility index (Phi) is 3.81. The van der Waals surface area contributed by atoms with Gasteiger partial charge in [-0.15, -0.1) is 0 Å². The second-order valence-electron chi connectivity index (χ2n) is 8.34. The molecule has 3 fully saturated rings. The van der Waals surface area contributed by atoms with Gasteiger partial charge >= 0.3 is 0 Å². The van der Waals surface area contributed by atoms with Crippen LogP contribution < -0.4 is 11.1 Å². The number of piperidine rings is 1. The summed E-state index contributed by atoms with van der Waals surface area (Å²) in [7, 11) is 0. The fraction of sp³-hybridized carbons (Fsp3) is 0.941. The van der Waals surface area contributed by atoms with Crippen molar-refractivity contribution in [2.24, 2.45) is 22.5 Å². The van der Waals surface area contributed by atoms with Crippen molar-refractivity contribution < 1.29 is 4.79 Å². The molecule has 4 nitrogen and oxygen atoms in total. The number of nitrogens with one attached hydrogen (secondary N) is 1. The van der Waals surface area contributed by atoms with E-state index in [1.807, 2.05) is 0 Å². The molecular formula is C17H31N3O. The summed E-state index contributed by atoms with van der Waals surface area (Å²) in [6.45, 7) is 9.64. The Bertz CT molecular complexity index is 414. The number of nitrogens with zero attached hydrogens (tertiary/aromatic N) is 1. The first-order chi connectivity index (χ1) is 9.83. The topological polar surface area (TPSA) is 58.4 Å². The minimum atomic E-state index is 0.208. The molecule has 120 valence electrons. The summed E-state index contributed by atoms with van der Waals surface area (Å²) < 4.78 is 0. The largest absolute Gasteiger partial charge is 0.352 e. The van der Waals surface area contributed by atoms with Gasteiger partial charge in [0, 0.05) is 25.2 Å². The van der Waals surface area contributed by atoms with Crippen LogP contribution >= 0.6 is 0 Å². The Morgan fingerprint density at radius 2 is 1.90 bits per heavy atom. The zero-order chi connectivity index (χ0) is 15.3. The van der Waals surface area contributed by atoms with Crippen LogP contribution in [0.5, 0.6) is 0 Å². The fourth-order valence-corrected chi connectivity index (χ4v) is 4.98. The maximum Gasteiger partial charge on any atom is 0.234 e. The molecule has 2 bridgehead atoms. The summed E-state index contributed by atoms with van der Waals surface area (Å²) in [6.07, 6.45) is 5.79. The first-order valence-electron chi connectivity index (χ1n) is 8.60. The number of hydrogen-bond acceptors (Lipinski definition) is 3. The molecule has 0 spiro atoms. The van der Waals surface area contributed by atoms with Gasteiger partial charge in [-0.1, -0.05) is 20.8 Å². The zero-order valence-electron chi connectivity index (χ0n) is 13.8. The predicted octanol–water partition coefficient (Wildman–Crippen LogP) is 1.74. The second-order valence-corrected chi connectivity index (χ2v) is 8.34. The monoisotopic (exact) mass is 293 g/mol. The van der Waals surface area contributed by atoms with E-state index in [1.54, 1.807) is 0 Å². The number of fused-ring (bicyclic) bond motifs is 2. The van der Waals surface area contributed by atoms with Gasteiger partial charge in [-0.25, -0.2) is 0 Å². The summed E-state index contributed by atoms with van der Waals surface area (Å²) in [4.78, 5) is 14.6. The minimum absolute atomic E-state index is 0.208. The SMILES string of the molecule is CC1(C)C2CCC1(C)C(NC(=O)CN1CCC(N)CC1)C2. The molecular weight excluding hydrogens is 262 g/mol. The van der Waals surface area contributed by atoms with Gasteiger partial charge in [0.15, 0.2) is 0 Å². The van der Waals surface area contributed by atoms with Crippen LogP contribution in [0.1, 0.15) is 52.9 Å². The number of carbonyl (C=O) groups excluding carboxylic acids is 1. The van der Waals surface area contributed by atoms with Crippen LogP contribution in [0.2, 0.25) is 0 Å². The van der Waals surface area contributed by atoms with E-state index in [-0.39, 0.29) is 11.3 Å². The molecule has 1 aliphatic heterocycles. The Hall–Kier alpha value is -0.610. The molecule has 0 aromatic carbocycles. The summed E-state index contributed by atoms with van der Waals surface area (Å²) in [5.41, 5.74) is 6.56. The van der Waals surface area contributed by atoms with E-state index in [1.165, 1.54) is 19.3 Å². The van der Waals surface area contributed by atoms with Crippen molar-refractivity contribution >= 4 is 5.91 Å². The summed E-state index contributed by atoms with van der Waals surface area (Å²) >= 11 is 0. The lowest BCUT2D eigenvalue weighted by Gasteiger charge is -2.40. The molecule has 21 heavy (non-hydrogen) atoms. The maximum absolute atomic E-state index is 12.4. The van der Waals surface area contributed by atoms with Gasteiger partial charge in [-0.05, 0) is 48.9 Å². The molecule has 3 N–H and O–H groups in total. The lowest BCUT2D eigenvalue weighted by atomic mass is 9.69. The normalized spacial score (nSPS) is 39.6. The highest BCUT2D eigenvalue weighted by Gasteiger charge is 2.61. The Balaban J connectivity index is 1.54. The summed E-state index contributed by atoms with van der Waals surface area (Å²) in [5, 5.41) is 3.35. The van der Waals surface area contributed by atoms with Crippen molar-refractivity contribution in [3.63, 3.8) is 0 Å². The van der Waals surface area contributed by atoms with Crippen molar-refractivity contribution in [2.45, 2.75) is 65.0 Å². The quantitative estimate of drug-likeness (QED) is 0.833. The van der Waals surface area contributed by atoms with Gasteiger partial charge in [0.05, 0.1) is 6.54 Å². The highest BCUT2D eigenvalue weighted by atomic mass is 16.2. The van der Waals surface area contributed by atoms with Crippen LogP contribution in [-0.2, 0) is 4.79 Å². The Labute approximate surface area is 128 Å². The van der Waals surface area contributed by atoms with E-state index >= 15 is 0 Å². The van der Waals surface area contributed by atoms with Gasteiger partial charge in [-0.3, -0.25) is 9.69 Å². The zero-order valence-corrected chi connectivity index (χ0v) is 13.8. The average Bonchev–Trinajstić information content (AvgIpc) is 2.74. The smallest absolute Gasteiger partial charge is 0.234 e. The molecule has 3 rings (SSSR count). The van der Waals surface area contributed by atoms with Crippen molar-refractivity contribution in [1.29, 1.82) is 0 Å². The summed E-state index contributed by atoms with van der Waals surface area (Å²) in [5.74, 6) is 0.987. The van der Waals surface area contributed by atoms with Crippen LogP contribution in [0.3, 0.4) is 0 Å². The van der Waals surface area contributed by atoms with Crippen LogP contribution in [-0.4, -0.2) is 42.5 Å². The van der Waals surface area contributed by atoms with Gasteiger partial charge in [0.1, 0.15) is 0 Å². The summed E-state index contributed by atoms with van der Waals surface area (Å²) in [6, 6.07) is 0.695. The number of rotatable bonds is 3. The lowest BCUT2D eigenvalue weighted by molar-refractivity contribution is -0.124. The maximum atomic E-state index is 12.4. The third kappa shape index (κ3) is 2.50. The molecule has 4 heteroatoms. The van der Waals surface area contributed by atoms with E-state index in [0.717, 1.165) is 31.8 Å². The van der Waals surface area contributed by atoms with E-state index < -0.39 is 0 Å². The highest BCUT2D eigenvalue weighted by Crippen LogP contribution is 2.65. The van der Waals surface area contributed by atoms with Gasteiger partial charge < -0.3 is 11.1 Å². The van der Waals surface area contributed by atoms with Crippen LogP contribution in [0, 0.1) is 16.7 Å². The molecule has 2 aliphatic carbocycles. The molecule has 0 radical (unpaired) electrons. The number of hydrogen-bond donors (Lipinski definition) is 2. The second kappa shape index (κ2) is 5.24. The molecule has 0 aromatic rings. The van der Waals surface area contributed by atoms with E-state index in [0.29, 0.717) is 24.0 Å². The Morgan fingerprint density at radius 1 is 1.24 bits per heavy atom. The van der Waals surface area contributed by atoms with Crippen molar-refractivity contribution in [2.75, 3.05) is 19.6 Å². The first kappa shape index (κ1) is 15.3. The van der Waals surface area contributed by atoms with Crippen molar-refractivity contribution in [3.05, 3.63) is 0 Å². The number of amides is 1. The third-order valence-corrected chi connectivity index (χ3v) is 7.13. The van der Waals surface area contributed by atoms with Crippen LogP contribution in [0.25, 0.3) is 0 Å². The molecule has 1 heterocycles. The predicted molar refractivity (Wildman–Crippen MR) is 84.8 cm³/mol. The molecule has 2 saturated carbocycles. The van der Waals surface area contributed by atoms with Crippen LogP contribution in [0.15, 0.2) is 0 Å². The number of carbonyl (C=O) groups is 1. The average molecular weight is 293 g/mol. The fourth-order valence-electron chi connectivity index (χ4n) is 4.98. The van der Waals surface area contributed by atoms with Crippen LogP contribution in [0.4, 0.5) is 0 Å². The molecule has 0 aromatic heterocycles. The standard InChI is InChI=1S/C17H31N3O/c1-16(2)12-4-7-17(16,3)14(10-12)19-15(21)11-20-8-5-13(18)6-9-20/h12-14H,4-11,18H2,1-3H3,(H,19,21). The lowest BCUT2D eigenvalue weighted by Crippen LogP contribution is -2.51. The number of likely N-dealkylation sites (tertiary alicyclic amines) is 1. The van der Waals surface area contributed by atoms with E-state index in [2.05, 4.69) is 31.0 Å². The molecule has 3 atom stereocenters. The van der Waals surface area contributed by atoms with Crippen molar-refractivity contribution in [3.8, 4) is 0 Å². The molecule has 1 saturated heterocycles. The van der Waals surface area contributed by atoms with Gasteiger partial charge in [0.2, 0.25) is 5.91 Å². The van der Waals surface area contributed by atoms with Crippen molar-refractivity contribution in [1.82, 2.24) is 10.2 Å². The van der Waals surface area contributed by atoms with E-state index in [4.69, 9.17) is 5.73 Å². The third-order valence-electron chi connectivity index (χ3n) is 7.13. The van der Waals surface area contributed by atoms with Gasteiger partial charge in [0.25, 0.3) is 0 Å². The first-order valence-corrected chi connectivity index (χ1v) is 8.60. The van der Waals surface area contributed by atoms with E-state index in [9.17, 15) is 4.79 Å².